The van der Waals surface area contributed by atoms with Gasteiger partial charge in [-0.2, -0.15) is 5.43 Å². The number of hydrogen-bond acceptors (Lipinski definition) is 7. The van der Waals surface area contributed by atoms with Crippen LogP contribution in [0.1, 0.15) is 35.3 Å². The first kappa shape index (κ1) is 29.6. The summed E-state index contributed by atoms with van der Waals surface area (Å²) in [5, 5.41) is 7.24. The van der Waals surface area contributed by atoms with E-state index in [1.807, 2.05) is 63.2 Å². The molecule has 5 rings (SSSR count). The Morgan fingerprint density at radius 3 is 2.40 bits per heavy atom. The molecule has 3 N–H and O–H groups in total. The van der Waals surface area contributed by atoms with E-state index in [2.05, 4.69) is 30.8 Å². The van der Waals surface area contributed by atoms with Crippen LogP contribution in [0.3, 0.4) is 0 Å². The van der Waals surface area contributed by atoms with Crippen LogP contribution in [0.4, 0.5) is 29.3 Å². The van der Waals surface area contributed by atoms with Crippen molar-refractivity contribution in [1.29, 1.82) is 0 Å². The summed E-state index contributed by atoms with van der Waals surface area (Å²) in [7, 11) is 0. The van der Waals surface area contributed by atoms with E-state index in [1.165, 1.54) is 29.2 Å². The minimum atomic E-state index is -4.75. The van der Waals surface area contributed by atoms with Crippen molar-refractivity contribution in [2.24, 2.45) is 9.98 Å². The van der Waals surface area contributed by atoms with Crippen molar-refractivity contribution >= 4 is 35.6 Å². The lowest BCUT2D eigenvalue weighted by Crippen LogP contribution is -2.50. The number of ether oxygens (including phenoxy) is 1. The number of anilines is 2. The number of guanidine groups is 1. The van der Waals surface area contributed by atoms with E-state index in [9.17, 15) is 22.8 Å². The molecule has 0 aromatic heterocycles. The maximum atomic E-state index is 12.8. The summed E-state index contributed by atoms with van der Waals surface area (Å²) < 4.78 is 41.1. The quantitative estimate of drug-likeness (QED) is 0.362. The standard InChI is InChI=1S/C30H30F3N7O3/c1-18-5-4-6-19(2)26(18)40-25(41)16-34-28(40)37-29(42)36-20(3)15-21-7-9-22(10-8-21)27-35-17-39(38-27)23-11-13-24(14-12-23)43-30(31,32)33/h4-14,17,20,27,38H,15-16H2,1-3H3,(H2,34,36,37,42). The van der Waals surface area contributed by atoms with Gasteiger partial charge >= 0.3 is 12.4 Å². The van der Waals surface area contributed by atoms with E-state index in [0.717, 1.165) is 27.9 Å². The topological polar surface area (TPSA) is 111 Å². The Morgan fingerprint density at radius 1 is 1.07 bits per heavy atom. The molecule has 2 aliphatic heterocycles. The van der Waals surface area contributed by atoms with Crippen LogP contribution >= 0.6 is 0 Å². The van der Waals surface area contributed by atoms with E-state index < -0.39 is 12.4 Å². The lowest BCUT2D eigenvalue weighted by atomic mass is 10.0. The van der Waals surface area contributed by atoms with E-state index in [4.69, 9.17) is 0 Å². The fourth-order valence-corrected chi connectivity index (χ4v) is 4.93. The second-order valence-corrected chi connectivity index (χ2v) is 10.3. The van der Waals surface area contributed by atoms with Gasteiger partial charge in [0.1, 0.15) is 24.8 Å². The third-order valence-electron chi connectivity index (χ3n) is 6.87. The Hall–Kier alpha value is -4.91. The molecule has 2 unspecified atom stereocenters. The minimum Gasteiger partial charge on any atom is -0.406 e. The van der Waals surface area contributed by atoms with Crippen molar-refractivity contribution in [3.63, 3.8) is 0 Å². The van der Waals surface area contributed by atoms with Gasteiger partial charge in [0.25, 0.3) is 5.91 Å². The Balaban J connectivity index is 1.12. The van der Waals surface area contributed by atoms with Crippen LogP contribution < -0.4 is 30.7 Å². The van der Waals surface area contributed by atoms with E-state index >= 15 is 0 Å². The number of rotatable bonds is 7. The largest absolute Gasteiger partial charge is 0.573 e. The number of urea groups is 1. The Bertz CT molecular complexity index is 1540. The molecule has 2 aliphatic rings. The number of alkyl halides is 3. The molecular formula is C30H30F3N7O3. The summed E-state index contributed by atoms with van der Waals surface area (Å²) in [4.78, 5) is 35.5. The van der Waals surface area contributed by atoms with Crippen LogP contribution in [0.5, 0.6) is 5.75 Å². The van der Waals surface area contributed by atoms with Gasteiger partial charge in [-0.1, -0.05) is 42.5 Å². The molecule has 3 aromatic carbocycles. The van der Waals surface area contributed by atoms with Crippen LogP contribution in [0.25, 0.3) is 0 Å². The van der Waals surface area contributed by atoms with Gasteiger partial charge in [0.05, 0.1) is 11.4 Å². The summed E-state index contributed by atoms with van der Waals surface area (Å²) in [6.45, 7) is 5.65. The monoisotopic (exact) mass is 593 g/mol. The van der Waals surface area contributed by atoms with Crippen LogP contribution in [0.2, 0.25) is 0 Å². The summed E-state index contributed by atoms with van der Waals surface area (Å²) in [6, 6.07) is 18.2. The fraction of sp³-hybridized carbons (Fsp3) is 0.267. The number of benzene rings is 3. The van der Waals surface area contributed by atoms with Crippen molar-refractivity contribution < 1.29 is 27.5 Å². The number of nitrogens with one attached hydrogen (secondary N) is 3. The highest BCUT2D eigenvalue weighted by molar-refractivity contribution is 6.24. The van der Waals surface area contributed by atoms with Gasteiger partial charge in [-0.3, -0.25) is 15.1 Å². The Kier molecular flexibility index (Phi) is 8.35. The number of carbonyl (C=O) groups excluding carboxylic acids is 2. The molecule has 0 fully saturated rings. The molecule has 0 saturated carbocycles. The number of aryl methyl sites for hydroxylation is 2. The number of aliphatic imine (C=N–C) groups is 2. The number of halogens is 3. The lowest BCUT2D eigenvalue weighted by molar-refractivity contribution is -0.274. The molecule has 224 valence electrons. The van der Waals surface area contributed by atoms with Gasteiger partial charge in [0.2, 0.25) is 5.96 Å². The van der Waals surface area contributed by atoms with Crippen molar-refractivity contribution in [1.82, 2.24) is 16.1 Å². The molecule has 0 aliphatic carbocycles. The van der Waals surface area contributed by atoms with Crippen LogP contribution in [-0.2, 0) is 11.2 Å². The normalized spacial score (nSPS) is 17.2. The predicted molar refractivity (Wildman–Crippen MR) is 157 cm³/mol. The molecule has 10 nitrogen and oxygen atoms in total. The zero-order valence-corrected chi connectivity index (χ0v) is 23.6. The predicted octanol–water partition coefficient (Wildman–Crippen LogP) is 4.89. The highest BCUT2D eigenvalue weighted by Crippen LogP contribution is 2.28. The second kappa shape index (κ2) is 12.1. The molecule has 13 heteroatoms. The van der Waals surface area contributed by atoms with Gasteiger partial charge in [0.15, 0.2) is 0 Å². The molecule has 0 bridgehead atoms. The highest BCUT2D eigenvalue weighted by Gasteiger charge is 2.32. The van der Waals surface area contributed by atoms with E-state index in [0.29, 0.717) is 12.1 Å². The number of hydrogen-bond donors (Lipinski definition) is 3. The zero-order chi connectivity index (χ0) is 30.7. The van der Waals surface area contributed by atoms with Gasteiger partial charge in [-0.25, -0.2) is 19.7 Å². The highest BCUT2D eigenvalue weighted by atomic mass is 19.4. The molecule has 0 saturated heterocycles. The third kappa shape index (κ3) is 7.12. The number of amides is 3. The van der Waals surface area contributed by atoms with Crippen LogP contribution in [-0.4, -0.2) is 43.2 Å². The fourth-order valence-electron chi connectivity index (χ4n) is 4.93. The molecule has 0 radical (unpaired) electrons. The van der Waals surface area contributed by atoms with Crippen LogP contribution in [0.15, 0.2) is 76.7 Å². The molecule has 2 atom stereocenters. The lowest BCUT2D eigenvalue weighted by Gasteiger charge is -2.23. The van der Waals surface area contributed by atoms with Crippen LogP contribution in [0, 0.1) is 13.8 Å². The SMILES string of the molecule is Cc1cccc(C)c1N1C(=O)CN=C1NC(=O)NC(C)Cc1ccc(C2N=CN(c3ccc(OC(F)(F)F)cc3)N2)cc1. The first-order chi connectivity index (χ1) is 20.5. The van der Waals surface area contributed by atoms with Crippen molar-refractivity contribution in [3.05, 3.63) is 89.0 Å². The molecule has 43 heavy (non-hydrogen) atoms. The summed E-state index contributed by atoms with van der Waals surface area (Å²) in [6.07, 6.45) is -3.01. The van der Waals surface area contributed by atoms with Crippen molar-refractivity contribution in [2.45, 2.75) is 45.8 Å². The maximum absolute atomic E-state index is 12.8. The first-order valence-electron chi connectivity index (χ1n) is 13.5. The van der Waals surface area contributed by atoms with Gasteiger partial charge in [-0.15, -0.1) is 13.2 Å². The average Bonchev–Trinajstić information content (AvgIpc) is 3.56. The third-order valence-corrected chi connectivity index (χ3v) is 6.87. The first-order valence-corrected chi connectivity index (χ1v) is 13.5. The average molecular weight is 594 g/mol. The number of hydrazine groups is 1. The van der Waals surface area contributed by atoms with Gasteiger partial charge < -0.3 is 10.1 Å². The molecule has 2 heterocycles. The molecule has 3 aromatic rings. The molecule has 3 amide bonds. The molecular weight excluding hydrogens is 563 g/mol. The minimum absolute atomic E-state index is 0.0356. The van der Waals surface area contributed by atoms with Crippen molar-refractivity contribution in [2.75, 3.05) is 16.5 Å². The summed E-state index contributed by atoms with van der Waals surface area (Å²) in [5.41, 5.74) is 8.17. The summed E-state index contributed by atoms with van der Waals surface area (Å²) in [5.74, 6) is -0.318. The summed E-state index contributed by atoms with van der Waals surface area (Å²) >= 11 is 0. The number of carbonyl (C=O) groups is 2. The molecule has 0 spiro atoms. The Labute approximate surface area is 246 Å². The smallest absolute Gasteiger partial charge is 0.406 e. The van der Waals surface area contributed by atoms with Gasteiger partial charge in [-0.05, 0) is 73.7 Å². The van der Waals surface area contributed by atoms with Crippen molar-refractivity contribution in [3.8, 4) is 5.75 Å². The van der Waals surface area contributed by atoms with Gasteiger partial charge in [0, 0.05) is 6.04 Å². The number of nitrogens with zero attached hydrogens (tertiary/aromatic N) is 4. The number of para-hydroxylation sites is 1. The Morgan fingerprint density at radius 2 is 1.74 bits per heavy atom. The maximum Gasteiger partial charge on any atom is 0.573 e. The van der Waals surface area contributed by atoms with E-state index in [1.54, 1.807) is 11.3 Å². The van der Waals surface area contributed by atoms with E-state index in [-0.39, 0.29) is 36.4 Å². The second-order valence-electron chi connectivity index (χ2n) is 10.3. The zero-order valence-electron chi connectivity index (χ0n) is 23.6.